The van der Waals surface area contributed by atoms with Gasteiger partial charge in [-0.2, -0.15) is 4.80 Å². The maximum absolute atomic E-state index is 13.0. The molecule has 2 heterocycles. The van der Waals surface area contributed by atoms with Crippen LogP contribution in [0.3, 0.4) is 0 Å². The van der Waals surface area contributed by atoms with E-state index in [-0.39, 0.29) is 17.8 Å². The number of carbonyl (C=O) groups excluding carboxylic acids is 1. The zero-order valence-corrected chi connectivity index (χ0v) is 15.3. The summed E-state index contributed by atoms with van der Waals surface area (Å²) >= 11 is 0. The Morgan fingerprint density at radius 2 is 2.00 bits per heavy atom. The third-order valence-electron chi connectivity index (χ3n) is 4.07. The van der Waals surface area contributed by atoms with Gasteiger partial charge in [0.05, 0.1) is 18.3 Å². The Bertz CT molecular complexity index is 891. The predicted octanol–water partition coefficient (Wildman–Crippen LogP) is 2.84. The van der Waals surface area contributed by atoms with E-state index in [9.17, 15) is 9.18 Å². The molecule has 0 aliphatic heterocycles. The molecule has 0 fully saturated rings. The second-order valence-electron chi connectivity index (χ2n) is 6.37. The normalized spacial score (nSPS) is 12.0. The van der Waals surface area contributed by atoms with Gasteiger partial charge in [-0.15, -0.1) is 10.2 Å². The lowest BCUT2D eigenvalue weighted by molar-refractivity contribution is -0.121. The van der Waals surface area contributed by atoms with E-state index in [0.717, 1.165) is 11.3 Å². The van der Waals surface area contributed by atoms with Gasteiger partial charge >= 0.3 is 0 Å². The van der Waals surface area contributed by atoms with Crippen molar-refractivity contribution in [3.8, 4) is 11.4 Å². The average molecular weight is 368 g/mol. The third kappa shape index (κ3) is 5.16. The zero-order chi connectivity index (χ0) is 19.2. The first-order chi connectivity index (χ1) is 13.0. The van der Waals surface area contributed by atoms with Crippen molar-refractivity contribution < 1.29 is 9.18 Å². The fourth-order valence-electron chi connectivity index (χ4n) is 2.56. The van der Waals surface area contributed by atoms with Crippen LogP contribution in [0.2, 0.25) is 0 Å². The highest BCUT2D eigenvalue weighted by atomic mass is 19.1. The lowest BCUT2D eigenvalue weighted by Crippen LogP contribution is -2.27. The minimum Gasteiger partial charge on any atom is -0.348 e. The fourth-order valence-corrected chi connectivity index (χ4v) is 2.56. The Kier molecular flexibility index (Phi) is 5.85. The van der Waals surface area contributed by atoms with E-state index < -0.39 is 0 Å². The highest BCUT2D eigenvalue weighted by molar-refractivity contribution is 5.76. The van der Waals surface area contributed by atoms with Gasteiger partial charge in [-0.3, -0.25) is 9.78 Å². The average Bonchev–Trinajstić information content (AvgIpc) is 3.11. The van der Waals surface area contributed by atoms with Crippen LogP contribution >= 0.6 is 0 Å². The van der Waals surface area contributed by atoms with Gasteiger partial charge in [0, 0.05) is 18.2 Å². The van der Waals surface area contributed by atoms with Gasteiger partial charge in [0.15, 0.2) is 0 Å². The Morgan fingerprint density at radius 1 is 1.22 bits per heavy atom. The maximum Gasteiger partial charge on any atom is 0.220 e. The van der Waals surface area contributed by atoms with Crippen LogP contribution in [0.5, 0.6) is 0 Å². The van der Waals surface area contributed by atoms with Crippen LogP contribution in [0.1, 0.15) is 37.1 Å². The molecular formula is C19H21FN6O. The number of carbonyl (C=O) groups is 1. The van der Waals surface area contributed by atoms with Crippen molar-refractivity contribution in [3.63, 3.8) is 0 Å². The van der Waals surface area contributed by atoms with Crippen molar-refractivity contribution in [3.05, 3.63) is 59.7 Å². The molecule has 3 aromatic rings. The van der Waals surface area contributed by atoms with Crippen molar-refractivity contribution in [2.24, 2.45) is 0 Å². The molecule has 140 valence electrons. The van der Waals surface area contributed by atoms with E-state index in [1.165, 1.54) is 16.9 Å². The molecule has 1 amide bonds. The predicted molar refractivity (Wildman–Crippen MR) is 98.0 cm³/mol. The molecule has 1 atom stereocenters. The van der Waals surface area contributed by atoms with Crippen molar-refractivity contribution in [1.29, 1.82) is 0 Å². The first kappa shape index (κ1) is 18.6. The molecule has 0 saturated heterocycles. The van der Waals surface area contributed by atoms with Gasteiger partial charge < -0.3 is 5.32 Å². The molecule has 0 bridgehead atoms. The smallest absolute Gasteiger partial charge is 0.220 e. The largest absolute Gasteiger partial charge is 0.348 e. The lowest BCUT2D eigenvalue weighted by Gasteiger charge is -2.13. The van der Waals surface area contributed by atoms with Crippen molar-refractivity contribution in [1.82, 2.24) is 30.5 Å². The van der Waals surface area contributed by atoms with Crippen LogP contribution < -0.4 is 5.32 Å². The van der Waals surface area contributed by atoms with Gasteiger partial charge in [-0.05, 0) is 61.4 Å². The van der Waals surface area contributed by atoms with Crippen LogP contribution in [0.25, 0.3) is 11.4 Å². The van der Waals surface area contributed by atoms with E-state index in [0.29, 0.717) is 30.8 Å². The minimum atomic E-state index is -0.313. The standard InChI is InChI=1S/C19H21FN6O/c1-13-5-10-17(21-12-13)14(2)22-18(27)4-3-11-26-24-19(23-25-26)15-6-8-16(20)9-7-15/h5-10,12,14H,3-4,11H2,1-2H3,(H,22,27). The molecule has 0 aliphatic carbocycles. The number of nitrogens with zero attached hydrogens (tertiary/aromatic N) is 5. The van der Waals surface area contributed by atoms with E-state index >= 15 is 0 Å². The number of pyridine rings is 1. The summed E-state index contributed by atoms with van der Waals surface area (Å²) in [6.07, 6.45) is 2.72. The number of nitrogens with one attached hydrogen (secondary N) is 1. The quantitative estimate of drug-likeness (QED) is 0.693. The van der Waals surface area contributed by atoms with Crippen LogP contribution in [0.15, 0.2) is 42.6 Å². The van der Waals surface area contributed by atoms with E-state index in [1.54, 1.807) is 18.3 Å². The molecule has 0 aliphatic rings. The highest BCUT2D eigenvalue weighted by Crippen LogP contribution is 2.14. The summed E-state index contributed by atoms with van der Waals surface area (Å²) in [6, 6.07) is 9.65. The summed E-state index contributed by atoms with van der Waals surface area (Å²) in [5.74, 6) is 0.0643. The molecule has 27 heavy (non-hydrogen) atoms. The number of amides is 1. The molecule has 0 radical (unpaired) electrons. The number of hydrogen-bond donors (Lipinski definition) is 1. The second-order valence-corrected chi connectivity index (χ2v) is 6.37. The number of hydrogen-bond acceptors (Lipinski definition) is 5. The summed E-state index contributed by atoms with van der Waals surface area (Å²) in [6.45, 7) is 4.35. The fraction of sp³-hybridized carbons (Fsp3) is 0.316. The molecule has 0 saturated carbocycles. The maximum atomic E-state index is 13.0. The first-order valence-electron chi connectivity index (χ1n) is 8.77. The Balaban J connectivity index is 1.46. The number of halogens is 1. The Morgan fingerprint density at radius 3 is 2.70 bits per heavy atom. The van der Waals surface area contributed by atoms with E-state index in [2.05, 4.69) is 25.7 Å². The van der Waals surface area contributed by atoms with Gasteiger partial charge in [-0.25, -0.2) is 4.39 Å². The van der Waals surface area contributed by atoms with Gasteiger partial charge in [0.1, 0.15) is 5.82 Å². The minimum absolute atomic E-state index is 0.0521. The summed E-state index contributed by atoms with van der Waals surface area (Å²) in [4.78, 5) is 17.9. The third-order valence-corrected chi connectivity index (χ3v) is 4.07. The molecule has 1 unspecified atom stereocenters. The van der Waals surface area contributed by atoms with Crippen LogP contribution in [0.4, 0.5) is 4.39 Å². The molecule has 2 aromatic heterocycles. The Labute approximate surface area is 156 Å². The Hall–Kier alpha value is -3.16. The van der Waals surface area contributed by atoms with Gasteiger partial charge in [0.2, 0.25) is 11.7 Å². The van der Waals surface area contributed by atoms with Crippen LogP contribution in [0, 0.1) is 12.7 Å². The number of aromatic nitrogens is 5. The van der Waals surface area contributed by atoms with Crippen molar-refractivity contribution >= 4 is 5.91 Å². The van der Waals surface area contributed by atoms with E-state index in [1.807, 2.05) is 26.0 Å². The number of rotatable bonds is 7. The molecule has 1 aromatic carbocycles. The summed E-state index contributed by atoms with van der Waals surface area (Å²) in [5.41, 5.74) is 2.60. The number of aryl methyl sites for hydroxylation is 2. The molecular weight excluding hydrogens is 347 g/mol. The topological polar surface area (TPSA) is 85.6 Å². The number of benzene rings is 1. The highest BCUT2D eigenvalue weighted by Gasteiger charge is 2.11. The van der Waals surface area contributed by atoms with Crippen molar-refractivity contribution in [2.45, 2.75) is 39.3 Å². The summed E-state index contributed by atoms with van der Waals surface area (Å²) in [7, 11) is 0. The van der Waals surface area contributed by atoms with Gasteiger partial charge in [-0.1, -0.05) is 6.07 Å². The lowest BCUT2D eigenvalue weighted by atomic mass is 10.2. The van der Waals surface area contributed by atoms with E-state index in [4.69, 9.17) is 0 Å². The molecule has 7 nitrogen and oxygen atoms in total. The zero-order valence-electron chi connectivity index (χ0n) is 15.3. The SMILES string of the molecule is Cc1ccc(C(C)NC(=O)CCCn2nnc(-c3ccc(F)cc3)n2)nc1. The van der Waals surface area contributed by atoms with Crippen molar-refractivity contribution in [2.75, 3.05) is 0 Å². The summed E-state index contributed by atoms with van der Waals surface area (Å²) in [5, 5.41) is 15.1. The second kappa shape index (κ2) is 8.48. The first-order valence-corrected chi connectivity index (χ1v) is 8.77. The monoisotopic (exact) mass is 368 g/mol. The summed E-state index contributed by atoms with van der Waals surface area (Å²) < 4.78 is 13.0. The number of tetrazole rings is 1. The molecule has 0 spiro atoms. The molecule has 8 heteroatoms. The van der Waals surface area contributed by atoms with Crippen LogP contribution in [-0.4, -0.2) is 31.1 Å². The molecule has 1 N–H and O–H groups in total. The molecule has 3 rings (SSSR count). The van der Waals surface area contributed by atoms with Gasteiger partial charge in [0.25, 0.3) is 0 Å². The van der Waals surface area contributed by atoms with Crippen LogP contribution in [-0.2, 0) is 11.3 Å².